The van der Waals surface area contributed by atoms with E-state index in [0.717, 1.165) is 0 Å². The van der Waals surface area contributed by atoms with Crippen LogP contribution in [0.4, 0.5) is 10.1 Å². The lowest BCUT2D eigenvalue weighted by Crippen LogP contribution is -2.14. The average molecular weight is 446 g/mol. The van der Waals surface area contributed by atoms with Gasteiger partial charge in [0.05, 0.1) is 10.6 Å². The maximum Gasteiger partial charge on any atom is 0.262 e. The summed E-state index contributed by atoms with van der Waals surface area (Å²) in [6.45, 7) is 0. The van der Waals surface area contributed by atoms with Gasteiger partial charge in [0.1, 0.15) is 5.82 Å². The third kappa shape index (κ3) is 3.75. The van der Waals surface area contributed by atoms with Crippen LogP contribution in [0, 0.1) is 9.39 Å². The van der Waals surface area contributed by atoms with Crippen LogP contribution < -0.4 is 4.72 Å². The standard InChI is InChI=1S/C12H7Cl2FINO2S/c13-7-3-8(14)5-10(4-7)20(18,19)17-12-2-1-9(16)6-11(12)15/h1-6,17H. The molecule has 0 fully saturated rings. The molecule has 0 atom stereocenters. The van der Waals surface area contributed by atoms with Gasteiger partial charge < -0.3 is 0 Å². The molecule has 2 rings (SSSR count). The number of hydrogen-bond donors (Lipinski definition) is 1. The Morgan fingerprint density at radius 2 is 1.65 bits per heavy atom. The van der Waals surface area contributed by atoms with Gasteiger partial charge in [-0.2, -0.15) is 0 Å². The van der Waals surface area contributed by atoms with Gasteiger partial charge in [-0.3, -0.25) is 4.72 Å². The van der Waals surface area contributed by atoms with E-state index < -0.39 is 15.8 Å². The molecule has 2 aromatic carbocycles. The molecule has 2 aromatic rings. The van der Waals surface area contributed by atoms with Crippen molar-refractivity contribution in [2.75, 3.05) is 4.72 Å². The monoisotopic (exact) mass is 445 g/mol. The first kappa shape index (κ1) is 15.8. The predicted molar refractivity (Wildman–Crippen MR) is 86.4 cm³/mol. The van der Waals surface area contributed by atoms with Crippen molar-refractivity contribution in [3.8, 4) is 0 Å². The summed E-state index contributed by atoms with van der Waals surface area (Å²) < 4.78 is 40.8. The fraction of sp³-hybridized carbons (Fsp3) is 0. The molecule has 8 heteroatoms. The number of nitrogens with one attached hydrogen (secondary N) is 1. The zero-order valence-electron chi connectivity index (χ0n) is 9.70. The van der Waals surface area contributed by atoms with Crippen molar-refractivity contribution in [2.24, 2.45) is 0 Å². The Balaban J connectivity index is 2.40. The smallest absolute Gasteiger partial charge is 0.262 e. The minimum absolute atomic E-state index is 0.132. The molecule has 0 saturated heterocycles. The first-order valence-electron chi connectivity index (χ1n) is 5.22. The van der Waals surface area contributed by atoms with Crippen LogP contribution in [-0.4, -0.2) is 8.42 Å². The molecule has 0 unspecified atom stereocenters. The molecule has 20 heavy (non-hydrogen) atoms. The number of hydrogen-bond acceptors (Lipinski definition) is 2. The van der Waals surface area contributed by atoms with E-state index in [1.165, 1.54) is 30.3 Å². The highest BCUT2D eigenvalue weighted by atomic mass is 127. The zero-order chi connectivity index (χ0) is 14.9. The van der Waals surface area contributed by atoms with Gasteiger partial charge in [0, 0.05) is 13.6 Å². The van der Waals surface area contributed by atoms with Crippen molar-refractivity contribution in [2.45, 2.75) is 4.90 Å². The van der Waals surface area contributed by atoms with Crippen LogP contribution in [-0.2, 0) is 10.0 Å². The number of halogens is 4. The molecule has 0 aromatic heterocycles. The summed E-state index contributed by atoms with van der Waals surface area (Å²) in [6, 6.07) is 8.05. The molecular weight excluding hydrogens is 439 g/mol. The minimum Gasteiger partial charge on any atom is -0.277 e. The lowest BCUT2D eigenvalue weighted by atomic mass is 10.3. The fourth-order valence-electron chi connectivity index (χ4n) is 1.46. The van der Waals surface area contributed by atoms with Gasteiger partial charge in [0.15, 0.2) is 0 Å². The molecule has 1 N–H and O–H groups in total. The lowest BCUT2D eigenvalue weighted by Gasteiger charge is -2.10. The Morgan fingerprint density at radius 3 is 2.20 bits per heavy atom. The molecule has 0 aliphatic carbocycles. The second-order valence-corrected chi connectivity index (χ2v) is 7.64. The summed E-state index contributed by atoms with van der Waals surface area (Å²) in [5, 5.41) is 0.363. The van der Waals surface area contributed by atoms with Gasteiger partial charge in [-0.25, -0.2) is 12.8 Å². The topological polar surface area (TPSA) is 46.2 Å². The molecule has 0 aliphatic rings. The van der Waals surface area contributed by atoms with Gasteiger partial charge >= 0.3 is 0 Å². The quantitative estimate of drug-likeness (QED) is 0.705. The van der Waals surface area contributed by atoms with Gasteiger partial charge in [-0.1, -0.05) is 23.2 Å². The first-order chi connectivity index (χ1) is 9.28. The Labute approximate surface area is 139 Å². The summed E-state index contributed by atoms with van der Waals surface area (Å²) in [7, 11) is -3.96. The highest BCUT2D eigenvalue weighted by Gasteiger charge is 2.17. The van der Waals surface area contributed by atoms with Gasteiger partial charge in [0.2, 0.25) is 0 Å². The SMILES string of the molecule is O=S(=O)(Nc1ccc(I)cc1F)c1cc(Cl)cc(Cl)c1. The largest absolute Gasteiger partial charge is 0.277 e. The molecule has 0 amide bonds. The van der Waals surface area contributed by atoms with E-state index in [9.17, 15) is 12.8 Å². The van der Waals surface area contributed by atoms with E-state index in [1.807, 2.05) is 22.6 Å². The van der Waals surface area contributed by atoms with E-state index in [2.05, 4.69) is 4.72 Å². The van der Waals surface area contributed by atoms with Crippen molar-refractivity contribution in [3.63, 3.8) is 0 Å². The van der Waals surface area contributed by atoms with Gasteiger partial charge in [-0.05, 0) is 59.0 Å². The van der Waals surface area contributed by atoms with Crippen LogP contribution in [0.2, 0.25) is 10.0 Å². The van der Waals surface area contributed by atoms with Crippen LogP contribution in [0.15, 0.2) is 41.3 Å². The fourth-order valence-corrected chi connectivity index (χ4v) is 3.71. The normalized spacial score (nSPS) is 11.4. The first-order valence-corrected chi connectivity index (χ1v) is 8.54. The molecule has 3 nitrogen and oxygen atoms in total. The number of anilines is 1. The molecule has 0 radical (unpaired) electrons. The molecule has 0 spiro atoms. The van der Waals surface area contributed by atoms with E-state index in [1.54, 1.807) is 6.07 Å². The second-order valence-electron chi connectivity index (χ2n) is 3.83. The number of rotatable bonds is 3. The third-order valence-corrected chi connectivity index (χ3v) is 4.77. The van der Waals surface area contributed by atoms with Crippen molar-refractivity contribution in [1.82, 2.24) is 0 Å². The van der Waals surface area contributed by atoms with Crippen LogP contribution in [0.3, 0.4) is 0 Å². The summed E-state index contributed by atoms with van der Waals surface area (Å²) in [5.41, 5.74) is -0.137. The molecule has 0 saturated carbocycles. The summed E-state index contributed by atoms with van der Waals surface area (Å²) in [5.74, 6) is -0.659. The van der Waals surface area contributed by atoms with Crippen molar-refractivity contribution in [1.29, 1.82) is 0 Å². The number of benzene rings is 2. The maximum absolute atomic E-state index is 13.7. The minimum atomic E-state index is -3.96. The summed E-state index contributed by atoms with van der Waals surface area (Å²) in [6.07, 6.45) is 0. The summed E-state index contributed by atoms with van der Waals surface area (Å²) >= 11 is 13.4. The Hall–Kier alpha value is -0.570. The third-order valence-electron chi connectivity index (χ3n) is 2.32. The highest BCUT2D eigenvalue weighted by molar-refractivity contribution is 14.1. The molecule has 0 aliphatic heterocycles. The number of sulfonamides is 1. The van der Waals surface area contributed by atoms with Gasteiger partial charge in [-0.15, -0.1) is 0 Å². The maximum atomic E-state index is 13.7. The summed E-state index contributed by atoms with van der Waals surface area (Å²) in [4.78, 5) is -0.132. The van der Waals surface area contributed by atoms with Gasteiger partial charge in [0.25, 0.3) is 10.0 Å². The highest BCUT2D eigenvalue weighted by Crippen LogP contribution is 2.25. The van der Waals surface area contributed by atoms with Crippen LogP contribution in [0.25, 0.3) is 0 Å². The van der Waals surface area contributed by atoms with Crippen molar-refractivity contribution >= 4 is 61.5 Å². The molecule has 0 heterocycles. The van der Waals surface area contributed by atoms with E-state index >= 15 is 0 Å². The van der Waals surface area contributed by atoms with E-state index in [4.69, 9.17) is 23.2 Å². The zero-order valence-corrected chi connectivity index (χ0v) is 14.2. The Morgan fingerprint density at radius 1 is 1.05 bits per heavy atom. The molecule has 0 bridgehead atoms. The second kappa shape index (κ2) is 6.05. The predicted octanol–water partition coefficient (Wildman–Crippen LogP) is 4.54. The Kier molecular flexibility index (Phi) is 4.78. The van der Waals surface area contributed by atoms with Crippen LogP contribution >= 0.6 is 45.8 Å². The van der Waals surface area contributed by atoms with E-state index in [-0.39, 0.29) is 20.6 Å². The van der Waals surface area contributed by atoms with Crippen molar-refractivity contribution < 1.29 is 12.8 Å². The van der Waals surface area contributed by atoms with E-state index in [0.29, 0.717) is 3.57 Å². The van der Waals surface area contributed by atoms with Crippen LogP contribution in [0.1, 0.15) is 0 Å². The molecule has 106 valence electrons. The molecular formula is C12H7Cl2FINO2S. The average Bonchev–Trinajstić information content (AvgIpc) is 2.31. The van der Waals surface area contributed by atoms with Crippen molar-refractivity contribution in [3.05, 3.63) is 55.8 Å². The van der Waals surface area contributed by atoms with Crippen LogP contribution in [0.5, 0.6) is 0 Å². The Bertz CT molecular complexity index is 748. The lowest BCUT2D eigenvalue weighted by molar-refractivity contribution is 0.598.